The third-order valence-electron chi connectivity index (χ3n) is 3.88. The van der Waals surface area contributed by atoms with Crippen LogP contribution in [0.1, 0.15) is 31.4 Å². The molecule has 3 rings (SSSR count). The summed E-state index contributed by atoms with van der Waals surface area (Å²) in [6.45, 7) is 2.84. The smallest absolute Gasteiger partial charge is 0.213 e. The molecule has 6 nitrogen and oxygen atoms in total. The van der Waals surface area contributed by atoms with E-state index in [4.69, 9.17) is 0 Å². The Labute approximate surface area is 118 Å². The molecule has 2 aromatic heterocycles. The highest BCUT2D eigenvalue weighted by molar-refractivity contribution is 7.89. The van der Waals surface area contributed by atoms with Gasteiger partial charge in [-0.15, -0.1) is 0 Å². The Hall–Kier alpha value is -1.47. The van der Waals surface area contributed by atoms with Crippen molar-refractivity contribution in [2.75, 3.05) is 18.8 Å². The normalized spacial score (nSPS) is 21.4. The summed E-state index contributed by atoms with van der Waals surface area (Å²) in [5, 5.41) is 7.79. The molecule has 1 aliphatic rings. The van der Waals surface area contributed by atoms with E-state index in [0.29, 0.717) is 13.1 Å². The molecule has 0 aromatic carbocycles. The average molecular weight is 294 g/mol. The van der Waals surface area contributed by atoms with E-state index in [1.165, 1.54) is 0 Å². The van der Waals surface area contributed by atoms with Crippen molar-refractivity contribution in [1.82, 2.24) is 19.5 Å². The summed E-state index contributed by atoms with van der Waals surface area (Å²) in [6, 6.07) is 3.96. The molecule has 1 fully saturated rings. The van der Waals surface area contributed by atoms with Gasteiger partial charge in [-0.05, 0) is 31.9 Å². The zero-order valence-electron chi connectivity index (χ0n) is 11.4. The van der Waals surface area contributed by atoms with Crippen LogP contribution in [0, 0.1) is 0 Å². The van der Waals surface area contributed by atoms with Crippen LogP contribution >= 0.6 is 0 Å². The largest absolute Gasteiger partial charge is 0.261 e. The zero-order valence-corrected chi connectivity index (χ0v) is 12.2. The van der Waals surface area contributed by atoms with Gasteiger partial charge in [0.2, 0.25) is 10.0 Å². The predicted octanol–water partition coefficient (Wildman–Crippen LogP) is 1.49. The van der Waals surface area contributed by atoms with Crippen molar-refractivity contribution in [3.05, 3.63) is 24.0 Å². The highest BCUT2D eigenvalue weighted by Gasteiger charge is 2.29. The Bertz CT molecular complexity index is 710. The van der Waals surface area contributed by atoms with Gasteiger partial charge in [-0.25, -0.2) is 17.7 Å². The number of H-pyrrole nitrogens is 1. The minimum atomic E-state index is -3.11. The fraction of sp³-hybridized carbons (Fsp3) is 0.538. The van der Waals surface area contributed by atoms with Crippen LogP contribution in [-0.2, 0) is 10.0 Å². The van der Waals surface area contributed by atoms with Crippen LogP contribution < -0.4 is 0 Å². The van der Waals surface area contributed by atoms with Crippen molar-refractivity contribution in [2.24, 2.45) is 0 Å². The van der Waals surface area contributed by atoms with E-state index in [1.54, 1.807) is 17.4 Å². The van der Waals surface area contributed by atoms with Gasteiger partial charge in [0.15, 0.2) is 5.65 Å². The SMILES string of the molecule is CCS(=O)(=O)N1CCC[C@@H](c2ccc3cn[nH]c3n2)C1. The summed E-state index contributed by atoms with van der Waals surface area (Å²) >= 11 is 0. The minimum Gasteiger partial charge on any atom is -0.261 e. The maximum Gasteiger partial charge on any atom is 0.213 e. The molecule has 1 saturated heterocycles. The van der Waals surface area contributed by atoms with Gasteiger partial charge in [-0.2, -0.15) is 5.10 Å². The monoisotopic (exact) mass is 294 g/mol. The molecule has 1 aliphatic heterocycles. The van der Waals surface area contributed by atoms with Crippen LogP contribution in [0.15, 0.2) is 18.3 Å². The number of fused-ring (bicyclic) bond motifs is 1. The number of nitrogens with zero attached hydrogens (tertiary/aromatic N) is 3. The summed E-state index contributed by atoms with van der Waals surface area (Å²) in [4.78, 5) is 4.56. The van der Waals surface area contributed by atoms with Crippen molar-refractivity contribution < 1.29 is 8.42 Å². The van der Waals surface area contributed by atoms with Gasteiger partial charge in [-0.3, -0.25) is 5.10 Å². The number of sulfonamides is 1. The Morgan fingerprint density at radius 1 is 1.45 bits per heavy atom. The second-order valence-electron chi connectivity index (χ2n) is 5.14. The van der Waals surface area contributed by atoms with Gasteiger partial charge in [0.25, 0.3) is 0 Å². The lowest BCUT2D eigenvalue weighted by Crippen LogP contribution is -2.40. The van der Waals surface area contributed by atoms with Gasteiger partial charge in [0, 0.05) is 30.1 Å². The van der Waals surface area contributed by atoms with E-state index in [0.717, 1.165) is 29.6 Å². The maximum absolute atomic E-state index is 12.0. The summed E-state index contributed by atoms with van der Waals surface area (Å²) in [7, 11) is -3.11. The van der Waals surface area contributed by atoms with E-state index in [1.807, 2.05) is 12.1 Å². The Morgan fingerprint density at radius 3 is 3.10 bits per heavy atom. The highest BCUT2D eigenvalue weighted by Crippen LogP contribution is 2.28. The number of piperidine rings is 1. The molecule has 0 unspecified atom stereocenters. The lowest BCUT2D eigenvalue weighted by Gasteiger charge is -2.31. The first-order chi connectivity index (χ1) is 9.60. The molecular weight excluding hydrogens is 276 g/mol. The number of pyridine rings is 1. The summed E-state index contributed by atoms with van der Waals surface area (Å²) in [5.74, 6) is 0.324. The first-order valence-electron chi connectivity index (χ1n) is 6.88. The quantitative estimate of drug-likeness (QED) is 0.930. The number of nitrogens with one attached hydrogen (secondary N) is 1. The summed E-state index contributed by atoms with van der Waals surface area (Å²) < 4.78 is 25.6. The molecule has 0 aliphatic carbocycles. The third kappa shape index (κ3) is 2.43. The molecule has 108 valence electrons. The van der Waals surface area contributed by atoms with E-state index < -0.39 is 10.0 Å². The molecule has 0 radical (unpaired) electrons. The number of aromatic amines is 1. The highest BCUT2D eigenvalue weighted by atomic mass is 32.2. The van der Waals surface area contributed by atoms with E-state index in [9.17, 15) is 8.42 Å². The van der Waals surface area contributed by atoms with Gasteiger partial charge >= 0.3 is 0 Å². The van der Waals surface area contributed by atoms with Crippen molar-refractivity contribution >= 4 is 21.1 Å². The van der Waals surface area contributed by atoms with Crippen LogP contribution in [0.5, 0.6) is 0 Å². The molecular formula is C13H18N4O2S. The Kier molecular flexibility index (Phi) is 3.47. The van der Waals surface area contributed by atoms with Crippen molar-refractivity contribution in [3.63, 3.8) is 0 Å². The number of rotatable bonds is 3. The third-order valence-corrected chi connectivity index (χ3v) is 5.73. The molecule has 7 heteroatoms. The Balaban J connectivity index is 1.86. The van der Waals surface area contributed by atoms with Crippen LogP contribution in [0.25, 0.3) is 11.0 Å². The summed E-state index contributed by atoms with van der Waals surface area (Å²) in [5.41, 5.74) is 1.70. The number of hydrogen-bond acceptors (Lipinski definition) is 4. The minimum absolute atomic E-state index is 0.159. The number of hydrogen-bond donors (Lipinski definition) is 1. The van der Waals surface area contributed by atoms with Gasteiger partial charge < -0.3 is 0 Å². The molecule has 0 saturated carbocycles. The van der Waals surface area contributed by atoms with Gasteiger partial charge in [0.1, 0.15) is 0 Å². The molecule has 3 heterocycles. The predicted molar refractivity (Wildman–Crippen MR) is 76.9 cm³/mol. The zero-order chi connectivity index (χ0) is 14.2. The molecule has 0 spiro atoms. The van der Waals surface area contributed by atoms with Crippen LogP contribution in [0.3, 0.4) is 0 Å². The van der Waals surface area contributed by atoms with Gasteiger partial charge in [0.05, 0.1) is 11.9 Å². The van der Waals surface area contributed by atoms with E-state index in [2.05, 4.69) is 15.2 Å². The first-order valence-corrected chi connectivity index (χ1v) is 8.49. The maximum atomic E-state index is 12.0. The standard InChI is InChI=1S/C13H18N4O2S/c1-2-20(18,19)17-7-3-4-11(9-17)12-6-5-10-8-14-16-13(10)15-12/h5-6,8,11H,2-4,7,9H2,1H3,(H,14,15,16)/t11-/m1/s1. The van der Waals surface area contributed by atoms with E-state index >= 15 is 0 Å². The van der Waals surface area contributed by atoms with Crippen LogP contribution in [-0.4, -0.2) is 46.7 Å². The van der Waals surface area contributed by atoms with Crippen LogP contribution in [0.4, 0.5) is 0 Å². The molecule has 2 aromatic rings. The fourth-order valence-corrected chi connectivity index (χ4v) is 3.87. The van der Waals surface area contributed by atoms with Crippen molar-refractivity contribution in [1.29, 1.82) is 0 Å². The van der Waals surface area contributed by atoms with Crippen molar-refractivity contribution in [2.45, 2.75) is 25.7 Å². The molecule has 1 atom stereocenters. The molecule has 0 amide bonds. The molecule has 20 heavy (non-hydrogen) atoms. The topological polar surface area (TPSA) is 79.0 Å². The first kappa shape index (κ1) is 13.5. The summed E-state index contributed by atoms with van der Waals surface area (Å²) in [6.07, 6.45) is 3.59. The molecule has 1 N–H and O–H groups in total. The molecule has 0 bridgehead atoms. The Morgan fingerprint density at radius 2 is 2.30 bits per heavy atom. The van der Waals surface area contributed by atoms with Crippen LogP contribution in [0.2, 0.25) is 0 Å². The second-order valence-corrected chi connectivity index (χ2v) is 7.40. The van der Waals surface area contributed by atoms with Crippen molar-refractivity contribution in [3.8, 4) is 0 Å². The van der Waals surface area contributed by atoms with Gasteiger partial charge in [-0.1, -0.05) is 0 Å². The lowest BCUT2D eigenvalue weighted by molar-refractivity contribution is 0.313. The average Bonchev–Trinajstić information content (AvgIpc) is 2.94. The fourth-order valence-electron chi connectivity index (χ4n) is 2.69. The second kappa shape index (κ2) is 5.14. The van der Waals surface area contributed by atoms with E-state index in [-0.39, 0.29) is 11.7 Å². The number of aromatic nitrogens is 3. The lowest BCUT2D eigenvalue weighted by atomic mass is 9.95.